The van der Waals surface area contributed by atoms with Crippen LogP contribution in [-0.4, -0.2) is 6.26 Å². The molecule has 0 aromatic heterocycles. The second-order valence-electron chi connectivity index (χ2n) is 3.00. The van der Waals surface area contributed by atoms with Gasteiger partial charge in [-0.1, -0.05) is 40.2 Å². The fraction of sp³-hybridized carbons (Fsp3) is 0.0769. The van der Waals surface area contributed by atoms with E-state index in [9.17, 15) is 0 Å². The van der Waals surface area contributed by atoms with Crippen molar-refractivity contribution in [3.05, 3.63) is 59.1 Å². The Bertz CT molecular complexity index is 415. The Balaban J connectivity index is 0.000000165. The molecule has 0 radical (unpaired) electrons. The van der Waals surface area contributed by atoms with Gasteiger partial charge in [-0.25, -0.2) is 0 Å². The lowest BCUT2D eigenvalue weighted by Crippen LogP contribution is -1.66. The molecule has 0 spiro atoms. The number of thiol groups is 1. The summed E-state index contributed by atoms with van der Waals surface area (Å²) in [5, 5.41) is 0. The van der Waals surface area contributed by atoms with Crippen molar-refractivity contribution in [2.45, 2.75) is 9.79 Å². The molecule has 3 heteroatoms. The summed E-state index contributed by atoms with van der Waals surface area (Å²) < 4.78 is 1.15. The van der Waals surface area contributed by atoms with Gasteiger partial charge in [0.15, 0.2) is 0 Å². The highest BCUT2D eigenvalue weighted by Crippen LogP contribution is 2.18. The first-order chi connectivity index (χ1) is 7.72. The van der Waals surface area contributed by atoms with Crippen LogP contribution in [0, 0.1) is 0 Å². The SMILES string of the molecule is CSc1cccc(Br)c1.Sc1ccccc1. The largest absolute Gasteiger partial charge is 0.143 e. The normalized spacial score (nSPS) is 9.19. The highest BCUT2D eigenvalue weighted by molar-refractivity contribution is 9.10. The van der Waals surface area contributed by atoms with Crippen LogP contribution in [0.2, 0.25) is 0 Å². The van der Waals surface area contributed by atoms with Crippen LogP contribution in [0.1, 0.15) is 0 Å². The summed E-state index contributed by atoms with van der Waals surface area (Å²) in [6, 6.07) is 18.0. The van der Waals surface area contributed by atoms with Gasteiger partial charge in [0.25, 0.3) is 0 Å². The van der Waals surface area contributed by atoms with E-state index >= 15 is 0 Å². The monoisotopic (exact) mass is 312 g/mol. The molecule has 84 valence electrons. The Morgan fingerprint density at radius 1 is 1.00 bits per heavy atom. The zero-order valence-corrected chi connectivity index (χ0v) is 12.2. The highest BCUT2D eigenvalue weighted by atomic mass is 79.9. The molecule has 0 saturated carbocycles. The van der Waals surface area contributed by atoms with Crippen molar-refractivity contribution in [2.75, 3.05) is 6.26 Å². The summed E-state index contributed by atoms with van der Waals surface area (Å²) in [6.45, 7) is 0. The van der Waals surface area contributed by atoms with Crippen LogP contribution in [-0.2, 0) is 0 Å². The van der Waals surface area contributed by atoms with Crippen LogP contribution in [0.3, 0.4) is 0 Å². The van der Waals surface area contributed by atoms with E-state index in [1.54, 1.807) is 11.8 Å². The number of thioether (sulfide) groups is 1. The van der Waals surface area contributed by atoms with Crippen molar-refractivity contribution in [3.63, 3.8) is 0 Å². The van der Waals surface area contributed by atoms with Crippen molar-refractivity contribution in [1.82, 2.24) is 0 Å². The lowest BCUT2D eigenvalue weighted by molar-refractivity contribution is 1.44. The van der Waals surface area contributed by atoms with Gasteiger partial charge in [-0.3, -0.25) is 0 Å². The molecule has 0 unspecified atom stereocenters. The fourth-order valence-electron chi connectivity index (χ4n) is 1.02. The average molecular weight is 313 g/mol. The molecule has 2 aromatic carbocycles. The lowest BCUT2D eigenvalue weighted by atomic mass is 10.4. The third-order valence-electron chi connectivity index (χ3n) is 1.79. The molecule has 0 aliphatic rings. The second-order valence-corrected chi connectivity index (χ2v) is 5.31. The first kappa shape index (κ1) is 13.7. The topological polar surface area (TPSA) is 0 Å². The number of halogens is 1. The Morgan fingerprint density at radius 3 is 2.06 bits per heavy atom. The summed E-state index contributed by atoms with van der Waals surface area (Å²) >= 11 is 9.23. The molecule has 0 amide bonds. The van der Waals surface area contributed by atoms with Crippen LogP contribution in [0.4, 0.5) is 0 Å². The summed E-state index contributed by atoms with van der Waals surface area (Å²) in [7, 11) is 0. The maximum Gasteiger partial charge on any atom is 0.0186 e. The van der Waals surface area contributed by atoms with Crippen molar-refractivity contribution in [3.8, 4) is 0 Å². The van der Waals surface area contributed by atoms with E-state index in [-0.39, 0.29) is 0 Å². The molecule has 0 N–H and O–H groups in total. The van der Waals surface area contributed by atoms with Gasteiger partial charge in [0.05, 0.1) is 0 Å². The van der Waals surface area contributed by atoms with E-state index in [0.29, 0.717) is 0 Å². The maximum atomic E-state index is 4.08. The zero-order chi connectivity index (χ0) is 11.8. The molecule has 0 fully saturated rings. The first-order valence-corrected chi connectivity index (χ1v) is 7.22. The molecule has 2 rings (SSSR count). The highest BCUT2D eigenvalue weighted by Gasteiger charge is 1.87. The molecule has 0 aliphatic heterocycles. The van der Waals surface area contributed by atoms with E-state index < -0.39 is 0 Å². The number of benzene rings is 2. The Hall–Kier alpha value is -0.380. The van der Waals surface area contributed by atoms with E-state index in [1.165, 1.54) is 4.90 Å². The van der Waals surface area contributed by atoms with E-state index in [1.807, 2.05) is 42.5 Å². The predicted molar refractivity (Wildman–Crippen MR) is 79.6 cm³/mol. The van der Waals surface area contributed by atoms with Gasteiger partial charge >= 0.3 is 0 Å². The van der Waals surface area contributed by atoms with Crippen LogP contribution >= 0.6 is 40.3 Å². The maximum absolute atomic E-state index is 4.08. The van der Waals surface area contributed by atoms with E-state index in [4.69, 9.17) is 0 Å². The Labute approximate surface area is 115 Å². The zero-order valence-electron chi connectivity index (χ0n) is 8.93. The summed E-state index contributed by atoms with van der Waals surface area (Å²) in [5.74, 6) is 0. The van der Waals surface area contributed by atoms with E-state index in [0.717, 1.165) is 9.37 Å². The first-order valence-electron chi connectivity index (χ1n) is 4.76. The minimum Gasteiger partial charge on any atom is -0.143 e. The van der Waals surface area contributed by atoms with Crippen LogP contribution in [0.25, 0.3) is 0 Å². The standard InChI is InChI=1S/C7H7BrS.C6H6S/c1-9-7-4-2-3-6(8)5-7;7-6-4-2-1-3-5-6/h2-5H,1H3;1-5,7H. The van der Waals surface area contributed by atoms with Gasteiger partial charge in [-0.05, 0) is 36.6 Å². The minimum absolute atomic E-state index is 1.02. The molecule has 0 heterocycles. The quantitative estimate of drug-likeness (QED) is 0.561. The van der Waals surface area contributed by atoms with Gasteiger partial charge in [0.1, 0.15) is 0 Å². The molecular weight excluding hydrogens is 300 g/mol. The van der Waals surface area contributed by atoms with Crippen molar-refractivity contribution in [1.29, 1.82) is 0 Å². The summed E-state index contributed by atoms with van der Waals surface area (Å²) in [4.78, 5) is 2.31. The van der Waals surface area contributed by atoms with Gasteiger partial charge in [-0.2, -0.15) is 0 Å². The molecular formula is C13H13BrS2. The van der Waals surface area contributed by atoms with Gasteiger partial charge in [-0.15, -0.1) is 24.4 Å². The third kappa shape index (κ3) is 5.64. The summed E-state index contributed by atoms with van der Waals surface area (Å²) in [6.07, 6.45) is 2.07. The van der Waals surface area contributed by atoms with Gasteiger partial charge < -0.3 is 0 Å². The predicted octanol–water partition coefficient (Wildman–Crippen LogP) is 5.15. The smallest absolute Gasteiger partial charge is 0.0186 e. The molecule has 0 nitrogen and oxygen atoms in total. The fourth-order valence-corrected chi connectivity index (χ4v) is 2.20. The number of hydrogen-bond donors (Lipinski definition) is 1. The average Bonchev–Trinajstić information content (AvgIpc) is 2.31. The van der Waals surface area contributed by atoms with Gasteiger partial charge in [0.2, 0.25) is 0 Å². The molecule has 2 aromatic rings. The molecule has 16 heavy (non-hydrogen) atoms. The Kier molecular flexibility index (Phi) is 6.69. The Morgan fingerprint density at radius 2 is 1.69 bits per heavy atom. The molecule has 0 bridgehead atoms. The lowest BCUT2D eigenvalue weighted by Gasteiger charge is -1.93. The van der Waals surface area contributed by atoms with Crippen LogP contribution in [0.5, 0.6) is 0 Å². The van der Waals surface area contributed by atoms with Crippen molar-refractivity contribution >= 4 is 40.3 Å². The summed E-state index contributed by atoms with van der Waals surface area (Å²) in [5.41, 5.74) is 0. The molecule has 0 saturated heterocycles. The minimum atomic E-state index is 1.02. The number of rotatable bonds is 1. The van der Waals surface area contributed by atoms with Crippen LogP contribution in [0.15, 0.2) is 68.9 Å². The molecule has 0 aliphatic carbocycles. The third-order valence-corrected chi connectivity index (χ3v) is 3.30. The van der Waals surface area contributed by atoms with Crippen molar-refractivity contribution in [2.24, 2.45) is 0 Å². The van der Waals surface area contributed by atoms with Crippen LogP contribution < -0.4 is 0 Å². The second kappa shape index (κ2) is 7.82. The van der Waals surface area contributed by atoms with E-state index in [2.05, 4.69) is 46.9 Å². The van der Waals surface area contributed by atoms with Crippen molar-refractivity contribution < 1.29 is 0 Å². The van der Waals surface area contributed by atoms with Gasteiger partial charge in [0, 0.05) is 14.3 Å². The number of hydrogen-bond acceptors (Lipinski definition) is 2. The molecule has 0 atom stereocenters.